The van der Waals surface area contributed by atoms with Crippen LogP contribution in [0.3, 0.4) is 0 Å². The maximum Gasteiger partial charge on any atom is 0.573 e. The Morgan fingerprint density at radius 1 is 1.19 bits per heavy atom. The second-order valence-corrected chi connectivity index (χ2v) is 6.37. The molecule has 1 unspecified atom stereocenters. The van der Waals surface area contributed by atoms with E-state index in [-0.39, 0.29) is 12.4 Å². The minimum atomic E-state index is -4.71. The lowest BCUT2D eigenvalue weighted by molar-refractivity contribution is -0.274. The molecule has 2 N–H and O–H groups in total. The summed E-state index contributed by atoms with van der Waals surface area (Å²) in [5.74, 6) is -0.276. The lowest BCUT2D eigenvalue weighted by atomic mass is 9.99. The van der Waals surface area contributed by atoms with E-state index in [0.29, 0.717) is 12.1 Å². The summed E-state index contributed by atoms with van der Waals surface area (Å²) in [5.41, 5.74) is 5.24. The number of halogens is 3. The molecule has 27 heavy (non-hydrogen) atoms. The van der Waals surface area contributed by atoms with Crippen LogP contribution in [0.1, 0.15) is 24.5 Å². The van der Waals surface area contributed by atoms with Crippen molar-refractivity contribution in [2.24, 2.45) is 4.99 Å². The average molecular weight is 379 g/mol. The minimum absolute atomic E-state index is 0.139. The Morgan fingerprint density at radius 3 is 2.59 bits per heavy atom. The number of rotatable bonds is 6. The summed E-state index contributed by atoms with van der Waals surface area (Å²) in [5, 5.41) is 10.6. The predicted molar refractivity (Wildman–Crippen MR) is 96.4 cm³/mol. The summed E-state index contributed by atoms with van der Waals surface area (Å²) in [6.45, 7) is 2.05. The van der Waals surface area contributed by atoms with Gasteiger partial charge in [0.2, 0.25) is 0 Å². The quantitative estimate of drug-likeness (QED) is 0.803. The molecule has 1 heterocycles. The summed E-state index contributed by atoms with van der Waals surface area (Å²) in [6, 6.07) is 13.5. The van der Waals surface area contributed by atoms with Gasteiger partial charge in [-0.1, -0.05) is 24.3 Å². The number of aliphatic hydroxyl groups excluding tert-OH is 1. The fourth-order valence-electron chi connectivity index (χ4n) is 2.86. The largest absolute Gasteiger partial charge is 0.573 e. The second-order valence-electron chi connectivity index (χ2n) is 6.37. The van der Waals surface area contributed by atoms with Gasteiger partial charge in [-0.15, -0.1) is 13.2 Å². The van der Waals surface area contributed by atoms with Gasteiger partial charge in [-0.2, -0.15) is 5.43 Å². The number of nitrogens with zero attached hydrogens (tertiary/aromatic N) is 2. The minimum Gasteiger partial charge on any atom is -0.406 e. The number of hydrazine groups is 1. The Morgan fingerprint density at radius 2 is 1.93 bits per heavy atom. The van der Waals surface area contributed by atoms with E-state index in [0.717, 1.165) is 17.5 Å². The van der Waals surface area contributed by atoms with Crippen LogP contribution in [-0.2, 0) is 12.1 Å². The van der Waals surface area contributed by atoms with Crippen LogP contribution in [0.4, 0.5) is 18.9 Å². The molecule has 1 atom stereocenters. The van der Waals surface area contributed by atoms with E-state index in [9.17, 15) is 13.2 Å². The predicted octanol–water partition coefficient (Wildman–Crippen LogP) is 3.74. The van der Waals surface area contributed by atoms with Crippen molar-refractivity contribution in [2.45, 2.75) is 31.8 Å². The first kappa shape index (κ1) is 19.2. The number of aliphatic hydroxyl groups is 1. The molecule has 2 aromatic rings. The number of aliphatic imine (C=N–C) groups is 1. The fourth-order valence-corrected chi connectivity index (χ4v) is 2.86. The zero-order valence-corrected chi connectivity index (χ0v) is 14.7. The standard InChI is InChI=1S/C19H20F3N3O2/c1-18(15-6-2-4-14(12-15)5-3-11-26)23-13-25(24-18)16-7-9-17(10-8-16)27-19(20,21)22/h2,4,6-10,12-13,24,26H,3,5,11H2,1H3. The highest BCUT2D eigenvalue weighted by Gasteiger charge is 2.33. The van der Waals surface area contributed by atoms with E-state index < -0.39 is 12.0 Å². The van der Waals surface area contributed by atoms with Crippen molar-refractivity contribution in [3.05, 3.63) is 59.7 Å². The van der Waals surface area contributed by atoms with Crippen molar-refractivity contribution < 1.29 is 23.0 Å². The monoisotopic (exact) mass is 379 g/mol. The number of ether oxygens (including phenoxy) is 1. The molecule has 0 saturated carbocycles. The van der Waals surface area contributed by atoms with Crippen molar-refractivity contribution in [3.8, 4) is 5.75 Å². The summed E-state index contributed by atoms with van der Waals surface area (Å²) in [6.07, 6.45) is -1.65. The van der Waals surface area contributed by atoms with Gasteiger partial charge in [0, 0.05) is 6.61 Å². The number of hydrogen-bond acceptors (Lipinski definition) is 5. The molecule has 5 nitrogen and oxygen atoms in total. The van der Waals surface area contributed by atoms with Gasteiger partial charge >= 0.3 is 6.36 Å². The summed E-state index contributed by atoms with van der Waals surface area (Å²) in [7, 11) is 0. The lowest BCUT2D eigenvalue weighted by Crippen LogP contribution is -2.43. The summed E-state index contributed by atoms with van der Waals surface area (Å²) < 4.78 is 40.7. The first-order valence-corrected chi connectivity index (χ1v) is 8.47. The van der Waals surface area contributed by atoms with Crippen LogP contribution in [-0.4, -0.2) is 24.4 Å². The van der Waals surface area contributed by atoms with Crippen LogP contribution in [0.25, 0.3) is 0 Å². The molecule has 1 aliphatic rings. The molecule has 2 aromatic carbocycles. The average Bonchev–Trinajstić information content (AvgIpc) is 3.03. The molecule has 0 bridgehead atoms. The van der Waals surface area contributed by atoms with E-state index in [1.54, 1.807) is 11.3 Å². The number of benzene rings is 2. The van der Waals surface area contributed by atoms with Crippen molar-refractivity contribution in [2.75, 3.05) is 11.6 Å². The van der Waals surface area contributed by atoms with Gasteiger partial charge in [0.05, 0.1) is 5.69 Å². The molecule has 0 spiro atoms. The lowest BCUT2D eigenvalue weighted by Gasteiger charge is -2.26. The molecule has 0 aromatic heterocycles. The number of nitrogens with one attached hydrogen (secondary N) is 1. The van der Waals surface area contributed by atoms with Gasteiger partial charge < -0.3 is 9.84 Å². The zero-order chi connectivity index (χ0) is 19.5. The van der Waals surface area contributed by atoms with Crippen molar-refractivity contribution >= 4 is 12.0 Å². The van der Waals surface area contributed by atoms with Crippen LogP contribution < -0.4 is 15.2 Å². The fraction of sp³-hybridized carbons (Fsp3) is 0.316. The third kappa shape index (κ3) is 4.78. The molecule has 144 valence electrons. The Kier molecular flexibility index (Phi) is 5.38. The van der Waals surface area contributed by atoms with Crippen LogP contribution >= 0.6 is 0 Å². The van der Waals surface area contributed by atoms with Gasteiger partial charge in [0.25, 0.3) is 0 Å². The van der Waals surface area contributed by atoms with E-state index >= 15 is 0 Å². The zero-order valence-electron chi connectivity index (χ0n) is 14.7. The normalized spacial score (nSPS) is 19.5. The number of aryl methyl sites for hydroxylation is 1. The molecule has 0 amide bonds. The molecular weight excluding hydrogens is 359 g/mol. The highest BCUT2D eigenvalue weighted by Crippen LogP contribution is 2.30. The molecule has 8 heteroatoms. The Bertz CT molecular complexity index is 809. The third-order valence-corrected chi connectivity index (χ3v) is 4.23. The number of hydrogen-bond donors (Lipinski definition) is 2. The van der Waals surface area contributed by atoms with Gasteiger partial charge in [0.15, 0.2) is 5.66 Å². The van der Waals surface area contributed by atoms with Crippen LogP contribution in [0.2, 0.25) is 0 Å². The molecule has 0 radical (unpaired) electrons. The van der Waals surface area contributed by atoms with Crippen LogP contribution in [0, 0.1) is 0 Å². The van der Waals surface area contributed by atoms with Crippen LogP contribution in [0.15, 0.2) is 53.5 Å². The smallest absolute Gasteiger partial charge is 0.406 e. The van der Waals surface area contributed by atoms with Gasteiger partial charge in [-0.3, -0.25) is 5.01 Å². The van der Waals surface area contributed by atoms with Crippen molar-refractivity contribution in [1.82, 2.24) is 5.43 Å². The molecule has 0 aliphatic carbocycles. The highest BCUT2D eigenvalue weighted by atomic mass is 19.4. The van der Waals surface area contributed by atoms with Crippen molar-refractivity contribution in [1.29, 1.82) is 0 Å². The van der Waals surface area contributed by atoms with Crippen LogP contribution in [0.5, 0.6) is 5.75 Å². The first-order valence-electron chi connectivity index (χ1n) is 8.47. The summed E-state index contributed by atoms with van der Waals surface area (Å²) >= 11 is 0. The molecule has 3 rings (SSSR count). The number of anilines is 1. The van der Waals surface area contributed by atoms with E-state index in [1.807, 2.05) is 31.2 Å². The molecular formula is C19H20F3N3O2. The number of alkyl halides is 3. The van der Waals surface area contributed by atoms with Gasteiger partial charge in [0.1, 0.15) is 12.1 Å². The Labute approximate surface area is 155 Å². The highest BCUT2D eigenvalue weighted by molar-refractivity contribution is 5.80. The first-order chi connectivity index (χ1) is 12.8. The van der Waals surface area contributed by atoms with E-state index in [1.165, 1.54) is 24.3 Å². The van der Waals surface area contributed by atoms with Gasteiger partial charge in [-0.05, 0) is 55.2 Å². The summed E-state index contributed by atoms with van der Waals surface area (Å²) in [4.78, 5) is 4.53. The molecule has 1 aliphatic heterocycles. The topological polar surface area (TPSA) is 57.1 Å². The SMILES string of the molecule is CC1(c2cccc(CCCO)c2)N=CN(c2ccc(OC(F)(F)F)cc2)N1. The second kappa shape index (κ2) is 7.58. The molecule has 0 saturated heterocycles. The maximum atomic E-state index is 12.3. The Hall–Kier alpha value is -2.58. The maximum absolute atomic E-state index is 12.3. The van der Waals surface area contributed by atoms with E-state index in [2.05, 4.69) is 15.2 Å². The third-order valence-electron chi connectivity index (χ3n) is 4.23. The van der Waals surface area contributed by atoms with Crippen molar-refractivity contribution in [3.63, 3.8) is 0 Å². The van der Waals surface area contributed by atoms with E-state index in [4.69, 9.17) is 5.11 Å². The molecule has 0 fully saturated rings. The van der Waals surface area contributed by atoms with Gasteiger partial charge in [-0.25, -0.2) is 4.99 Å². The Balaban J connectivity index is 1.71.